The van der Waals surface area contributed by atoms with Crippen LogP contribution in [0.4, 0.5) is 0 Å². The van der Waals surface area contributed by atoms with E-state index < -0.39 is 0 Å². The molecular weight excluding hydrogens is 389 g/mol. The summed E-state index contributed by atoms with van der Waals surface area (Å²) < 4.78 is 0. The van der Waals surface area contributed by atoms with Crippen molar-refractivity contribution >= 4 is 0 Å². The van der Waals surface area contributed by atoms with E-state index in [-0.39, 0.29) is 96.9 Å². The van der Waals surface area contributed by atoms with Gasteiger partial charge in [0.2, 0.25) is 0 Å². The third kappa shape index (κ3) is 207. The largest absolute Gasteiger partial charge is 4.00 e. The van der Waals surface area contributed by atoms with E-state index in [4.69, 9.17) is 0 Å². The van der Waals surface area contributed by atoms with Gasteiger partial charge in [0, 0.05) is 0 Å². The van der Waals surface area contributed by atoms with Gasteiger partial charge in [0.25, 0.3) is 0 Å². The van der Waals surface area contributed by atoms with Crippen molar-refractivity contribution in [2.45, 2.75) is 0 Å². The standard InChI is InChI=1S/7FH.Ho.Zr/h7*1H;;/q;;;;;;;+3;+4/p-7. The first kappa shape index (κ1) is 363. The SMILES string of the molecule is [F-].[F-].[F-].[F-].[F-].[F-].[F-].[Ho+3].[Zr+4]. The van der Waals surface area contributed by atoms with E-state index in [1.807, 2.05) is 0 Å². The van der Waals surface area contributed by atoms with Crippen molar-refractivity contribution in [3.63, 3.8) is 0 Å². The van der Waals surface area contributed by atoms with Crippen molar-refractivity contribution in [3.05, 3.63) is 0 Å². The third-order valence-corrected chi connectivity index (χ3v) is 0. The summed E-state index contributed by atoms with van der Waals surface area (Å²) >= 11 is 0. The molecule has 9 heavy (non-hydrogen) atoms. The summed E-state index contributed by atoms with van der Waals surface area (Å²) in [6.07, 6.45) is 0. The van der Waals surface area contributed by atoms with Crippen LogP contribution in [0.25, 0.3) is 0 Å². The van der Waals surface area contributed by atoms with Gasteiger partial charge < -0.3 is 32.9 Å². The van der Waals surface area contributed by atoms with Crippen LogP contribution in [0.3, 0.4) is 0 Å². The summed E-state index contributed by atoms with van der Waals surface area (Å²) in [7, 11) is 0. The smallest absolute Gasteiger partial charge is 1.00 e. The fourth-order valence-corrected chi connectivity index (χ4v) is 0. The van der Waals surface area contributed by atoms with Crippen LogP contribution in [0, 0.1) is 37.7 Å². The summed E-state index contributed by atoms with van der Waals surface area (Å²) in [5.41, 5.74) is 0. The summed E-state index contributed by atoms with van der Waals surface area (Å²) in [6, 6.07) is 0. The minimum atomic E-state index is 0. The van der Waals surface area contributed by atoms with E-state index in [0.717, 1.165) is 0 Å². The van der Waals surface area contributed by atoms with Crippen molar-refractivity contribution in [2.75, 3.05) is 0 Å². The molecule has 0 amide bonds. The van der Waals surface area contributed by atoms with E-state index >= 15 is 0 Å². The minimum absolute atomic E-state index is 0. The zero-order chi connectivity index (χ0) is 0. The second-order valence-corrected chi connectivity index (χ2v) is 0. The Hall–Kier alpha value is 1.65. The molecule has 0 aliphatic carbocycles. The minimum Gasteiger partial charge on any atom is -1.00 e. The molecule has 0 aliphatic heterocycles. The van der Waals surface area contributed by atoms with Crippen LogP contribution in [0.5, 0.6) is 0 Å². The maximum absolute atomic E-state index is 0. The molecule has 0 heterocycles. The molecule has 0 aliphatic rings. The Bertz CT molecular complexity index is 8.88. The Morgan fingerprint density at radius 2 is 0.333 bits per heavy atom. The van der Waals surface area contributed by atoms with Crippen molar-refractivity contribution in [1.82, 2.24) is 0 Å². The Balaban J connectivity index is 0. The van der Waals surface area contributed by atoms with Gasteiger partial charge in [-0.1, -0.05) is 0 Å². The van der Waals surface area contributed by atoms with Gasteiger partial charge in [-0.25, -0.2) is 0 Å². The molecule has 64 valence electrons. The van der Waals surface area contributed by atoms with Gasteiger partial charge in [0.1, 0.15) is 0 Å². The third-order valence-electron chi connectivity index (χ3n) is 0. The first-order valence-electron chi connectivity index (χ1n) is 0. The van der Waals surface area contributed by atoms with E-state index in [9.17, 15) is 0 Å². The van der Waals surface area contributed by atoms with E-state index in [0.29, 0.717) is 0 Å². The van der Waals surface area contributed by atoms with Gasteiger partial charge in [-0.3, -0.25) is 0 Å². The number of rotatable bonds is 0. The maximum atomic E-state index is 0. The molecule has 0 spiro atoms. The van der Waals surface area contributed by atoms with Crippen molar-refractivity contribution in [3.8, 4) is 0 Å². The first-order chi connectivity index (χ1) is 0. The van der Waals surface area contributed by atoms with E-state index in [1.165, 1.54) is 0 Å². The summed E-state index contributed by atoms with van der Waals surface area (Å²) in [5.74, 6) is 0. The Morgan fingerprint density at radius 3 is 0.333 bits per heavy atom. The summed E-state index contributed by atoms with van der Waals surface area (Å²) in [4.78, 5) is 0. The molecule has 0 N–H and O–H groups in total. The first-order valence-corrected chi connectivity index (χ1v) is 0. The van der Waals surface area contributed by atoms with Gasteiger partial charge in [0.15, 0.2) is 0 Å². The molecular formula is F7HoZr. The molecule has 0 nitrogen and oxygen atoms in total. The fourth-order valence-electron chi connectivity index (χ4n) is 0. The van der Waals surface area contributed by atoms with Crippen LogP contribution in [0.1, 0.15) is 0 Å². The molecule has 0 aromatic rings. The average Bonchev–Trinajstić information content (AvgIpc) is 0. The Labute approximate surface area is 95.8 Å². The van der Waals surface area contributed by atoms with Crippen LogP contribution in [-0.2, 0) is 26.2 Å². The maximum Gasteiger partial charge on any atom is 4.00 e. The summed E-state index contributed by atoms with van der Waals surface area (Å²) in [5, 5.41) is 0. The molecule has 0 aromatic carbocycles. The van der Waals surface area contributed by atoms with Crippen LogP contribution >= 0.6 is 0 Å². The van der Waals surface area contributed by atoms with Gasteiger partial charge >= 0.3 is 63.9 Å². The number of hydrogen-bond donors (Lipinski definition) is 0. The van der Waals surface area contributed by atoms with Gasteiger partial charge in [0.05, 0.1) is 0 Å². The molecule has 0 bridgehead atoms. The zero-order valence-electron chi connectivity index (χ0n) is 3.45. The van der Waals surface area contributed by atoms with Crippen LogP contribution in [0.2, 0.25) is 0 Å². The van der Waals surface area contributed by atoms with Gasteiger partial charge in [-0.05, 0) is 0 Å². The Morgan fingerprint density at radius 1 is 0.333 bits per heavy atom. The van der Waals surface area contributed by atoms with Gasteiger partial charge in [-0.2, -0.15) is 0 Å². The van der Waals surface area contributed by atoms with Crippen molar-refractivity contribution < 1.29 is 96.9 Å². The normalized spacial score (nSPS) is 0. The van der Waals surface area contributed by atoms with E-state index in [2.05, 4.69) is 0 Å². The van der Waals surface area contributed by atoms with Crippen molar-refractivity contribution in [1.29, 1.82) is 0 Å². The molecule has 0 saturated carbocycles. The van der Waals surface area contributed by atoms with Crippen LogP contribution < -0.4 is 32.9 Å². The predicted octanol–water partition coefficient (Wildman–Crippen LogP) is -21.0. The fraction of sp³-hybridized carbons (Fsp3) is 0. The molecule has 0 radical (unpaired) electrons. The number of hydrogen-bond acceptors (Lipinski definition) is 0. The zero-order valence-corrected chi connectivity index (χ0v) is 7.84. The monoisotopic (exact) mass is 388 g/mol. The predicted molar refractivity (Wildman–Crippen MR) is 0 cm³/mol. The Kier molecular flexibility index (Phi) is 10700. The molecule has 0 unspecified atom stereocenters. The molecule has 0 rings (SSSR count). The molecule has 0 atom stereocenters. The molecule has 0 aromatic heterocycles. The number of halogens is 7. The molecule has 0 saturated heterocycles. The van der Waals surface area contributed by atoms with Crippen LogP contribution in [-0.4, -0.2) is 0 Å². The second-order valence-electron chi connectivity index (χ2n) is 0. The molecule has 0 fully saturated rings. The van der Waals surface area contributed by atoms with Crippen LogP contribution in [0.15, 0.2) is 0 Å². The topological polar surface area (TPSA) is 0 Å². The summed E-state index contributed by atoms with van der Waals surface area (Å²) in [6.45, 7) is 0. The average molecular weight is 389 g/mol. The van der Waals surface area contributed by atoms with E-state index in [1.54, 1.807) is 0 Å². The van der Waals surface area contributed by atoms with Crippen molar-refractivity contribution in [2.24, 2.45) is 0 Å². The van der Waals surface area contributed by atoms with Gasteiger partial charge in [-0.15, -0.1) is 0 Å². The quantitative estimate of drug-likeness (QED) is 0.285. The second kappa shape index (κ2) is 265. The molecule has 9 heteroatoms.